The first-order valence-electron chi connectivity index (χ1n) is 10.2. The summed E-state index contributed by atoms with van der Waals surface area (Å²) >= 11 is 0. The van der Waals surface area contributed by atoms with Gasteiger partial charge in [0.05, 0.1) is 19.4 Å². The van der Waals surface area contributed by atoms with E-state index in [1.54, 1.807) is 6.20 Å². The highest BCUT2D eigenvalue weighted by molar-refractivity contribution is 5.66. The minimum atomic E-state index is 0.419. The molecule has 1 fully saturated rings. The highest BCUT2D eigenvalue weighted by atomic mass is 16.5. The van der Waals surface area contributed by atoms with Crippen molar-refractivity contribution in [1.82, 2.24) is 20.1 Å². The predicted molar refractivity (Wildman–Crippen MR) is 113 cm³/mol. The molecule has 2 heterocycles. The molecule has 0 saturated carbocycles. The average Bonchev–Trinajstić information content (AvgIpc) is 2.69. The molecule has 7 nitrogen and oxygen atoms in total. The zero-order valence-electron chi connectivity index (χ0n) is 17.4. The van der Waals surface area contributed by atoms with Crippen LogP contribution in [0.3, 0.4) is 0 Å². The van der Waals surface area contributed by atoms with Crippen LogP contribution in [0.4, 0.5) is 17.5 Å². The number of morpholine rings is 1. The molecule has 7 heteroatoms. The van der Waals surface area contributed by atoms with Gasteiger partial charge in [0.1, 0.15) is 0 Å². The summed E-state index contributed by atoms with van der Waals surface area (Å²) in [6.45, 7) is 14.1. The number of rotatable bonds is 8. The van der Waals surface area contributed by atoms with E-state index in [9.17, 15) is 0 Å². The second-order valence-electron chi connectivity index (χ2n) is 7.79. The Morgan fingerprint density at radius 2 is 1.75 bits per heavy atom. The maximum absolute atomic E-state index is 5.38. The lowest BCUT2D eigenvalue weighted by molar-refractivity contribution is 0.0398. The molecule has 28 heavy (non-hydrogen) atoms. The fraction of sp³-hybridized carbons (Fsp3) is 0.571. The number of hydrogen-bond acceptors (Lipinski definition) is 7. The van der Waals surface area contributed by atoms with Gasteiger partial charge in [0.15, 0.2) is 5.82 Å². The Morgan fingerprint density at radius 3 is 2.39 bits per heavy atom. The summed E-state index contributed by atoms with van der Waals surface area (Å²) in [5, 5.41) is 15.0. The van der Waals surface area contributed by atoms with E-state index in [0.29, 0.717) is 23.6 Å². The molecule has 1 aliphatic rings. The molecule has 1 saturated heterocycles. The predicted octanol–water partition coefficient (Wildman–Crippen LogP) is 3.61. The van der Waals surface area contributed by atoms with Gasteiger partial charge in [-0.1, -0.05) is 45.9 Å². The summed E-state index contributed by atoms with van der Waals surface area (Å²) < 4.78 is 5.38. The van der Waals surface area contributed by atoms with Crippen LogP contribution in [0.15, 0.2) is 24.4 Å². The first-order valence-corrected chi connectivity index (χ1v) is 10.2. The van der Waals surface area contributed by atoms with Gasteiger partial charge < -0.3 is 15.4 Å². The van der Waals surface area contributed by atoms with Crippen LogP contribution < -0.4 is 10.6 Å². The third kappa shape index (κ3) is 5.39. The van der Waals surface area contributed by atoms with E-state index in [1.165, 1.54) is 11.1 Å². The lowest BCUT2D eigenvalue weighted by Crippen LogP contribution is -2.39. The molecule has 0 amide bonds. The van der Waals surface area contributed by atoms with Gasteiger partial charge in [-0.2, -0.15) is 10.1 Å². The standard InChI is InChI=1S/C21H32N6O/c1-15(2)17-6-5-7-18(16(3)4)20(17)24-19-14-23-26-21(25-19)22-8-9-27-10-12-28-13-11-27/h5-7,14-16H,8-13H2,1-4H3,(H2,22,24,25,26). The third-order valence-corrected chi connectivity index (χ3v) is 5.00. The highest BCUT2D eigenvalue weighted by Gasteiger charge is 2.15. The summed E-state index contributed by atoms with van der Waals surface area (Å²) in [5.41, 5.74) is 3.70. The summed E-state index contributed by atoms with van der Waals surface area (Å²) in [7, 11) is 0. The molecular formula is C21H32N6O. The Morgan fingerprint density at radius 1 is 1.07 bits per heavy atom. The molecule has 1 aromatic carbocycles. The fourth-order valence-electron chi connectivity index (χ4n) is 3.41. The van der Waals surface area contributed by atoms with Gasteiger partial charge in [0.25, 0.3) is 0 Å². The first kappa shape index (κ1) is 20.5. The number of hydrogen-bond donors (Lipinski definition) is 2. The van der Waals surface area contributed by atoms with E-state index in [1.807, 2.05) is 0 Å². The number of nitrogens with one attached hydrogen (secondary N) is 2. The largest absolute Gasteiger partial charge is 0.379 e. The number of para-hydroxylation sites is 1. The van der Waals surface area contributed by atoms with E-state index in [4.69, 9.17) is 4.74 Å². The Labute approximate surface area is 167 Å². The second kappa shape index (κ2) is 9.80. The smallest absolute Gasteiger partial charge is 0.244 e. The maximum atomic E-state index is 5.38. The Balaban J connectivity index is 1.69. The molecule has 0 bridgehead atoms. The van der Waals surface area contributed by atoms with Crippen molar-refractivity contribution < 1.29 is 4.74 Å². The molecule has 0 radical (unpaired) electrons. The lowest BCUT2D eigenvalue weighted by atomic mass is 9.92. The quantitative estimate of drug-likeness (QED) is 0.720. The van der Waals surface area contributed by atoms with Crippen molar-refractivity contribution in [2.45, 2.75) is 39.5 Å². The van der Waals surface area contributed by atoms with Crippen LogP contribution in [0.2, 0.25) is 0 Å². The van der Waals surface area contributed by atoms with Crippen molar-refractivity contribution in [3.8, 4) is 0 Å². The monoisotopic (exact) mass is 384 g/mol. The van der Waals surface area contributed by atoms with E-state index < -0.39 is 0 Å². The molecule has 0 aliphatic carbocycles. The normalized spacial score (nSPS) is 15.2. The van der Waals surface area contributed by atoms with Crippen LogP contribution in [0.25, 0.3) is 0 Å². The summed E-state index contributed by atoms with van der Waals surface area (Å²) in [4.78, 5) is 6.99. The molecule has 0 atom stereocenters. The zero-order valence-corrected chi connectivity index (χ0v) is 17.4. The Hall–Kier alpha value is -2.25. The van der Waals surface area contributed by atoms with Crippen LogP contribution in [0.1, 0.15) is 50.7 Å². The van der Waals surface area contributed by atoms with Crippen LogP contribution in [-0.4, -0.2) is 59.5 Å². The summed E-state index contributed by atoms with van der Waals surface area (Å²) in [5.74, 6) is 2.09. The first-order chi connectivity index (χ1) is 13.5. The van der Waals surface area contributed by atoms with Gasteiger partial charge in [-0.25, -0.2) is 0 Å². The summed E-state index contributed by atoms with van der Waals surface area (Å²) in [6, 6.07) is 6.48. The Kier molecular flexibility index (Phi) is 7.17. The number of nitrogens with zero attached hydrogens (tertiary/aromatic N) is 4. The van der Waals surface area contributed by atoms with E-state index in [0.717, 1.165) is 45.1 Å². The third-order valence-electron chi connectivity index (χ3n) is 5.00. The van der Waals surface area contributed by atoms with E-state index in [2.05, 4.69) is 76.6 Å². The van der Waals surface area contributed by atoms with Gasteiger partial charge in [0, 0.05) is 31.9 Å². The summed E-state index contributed by atoms with van der Waals surface area (Å²) in [6.07, 6.45) is 1.67. The average molecular weight is 385 g/mol. The molecule has 0 unspecified atom stereocenters. The van der Waals surface area contributed by atoms with Crippen molar-refractivity contribution in [1.29, 1.82) is 0 Å². The van der Waals surface area contributed by atoms with Gasteiger partial charge in [-0.05, 0) is 23.0 Å². The molecule has 1 aromatic heterocycles. The molecule has 3 rings (SSSR count). The maximum Gasteiger partial charge on any atom is 0.244 e. The van der Waals surface area contributed by atoms with Crippen molar-refractivity contribution in [2.75, 3.05) is 50.0 Å². The minimum absolute atomic E-state index is 0.419. The number of ether oxygens (including phenoxy) is 1. The van der Waals surface area contributed by atoms with Crippen molar-refractivity contribution >= 4 is 17.5 Å². The number of aromatic nitrogens is 3. The van der Waals surface area contributed by atoms with E-state index >= 15 is 0 Å². The van der Waals surface area contributed by atoms with Crippen molar-refractivity contribution in [3.05, 3.63) is 35.5 Å². The van der Waals surface area contributed by atoms with Gasteiger partial charge in [-0.15, -0.1) is 5.10 Å². The van der Waals surface area contributed by atoms with Crippen molar-refractivity contribution in [2.24, 2.45) is 0 Å². The van der Waals surface area contributed by atoms with Crippen LogP contribution in [-0.2, 0) is 4.74 Å². The molecule has 1 aliphatic heterocycles. The van der Waals surface area contributed by atoms with Gasteiger partial charge in [-0.3, -0.25) is 4.90 Å². The molecule has 2 N–H and O–H groups in total. The van der Waals surface area contributed by atoms with Gasteiger partial charge >= 0.3 is 0 Å². The highest BCUT2D eigenvalue weighted by Crippen LogP contribution is 2.34. The van der Waals surface area contributed by atoms with Gasteiger partial charge in [0.2, 0.25) is 5.95 Å². The van der Waals surface area contributed by atoms with E-state index in [-0.39, 0.29) is 0 Å². The molecule has 2 aromatic rings. The second-order valence-corrected chi connectivity index (χ2v) is 7.79. The SMILES string of the molecule is CC(C)c1cccc(C(C)C)c1Nc1cnnc(NCCN2CCOCC2)n1. The molecule has 0 spiro atoms. The van der Waals surface area contributed by atoms with Crippen LogP contribution in [0.5, 0.6) is 0 Å². The lowest BCUT2D eigenvalue weighted by Gasteiger charge is -2.26. The Bertz CT molecular complexity index is 732. The topological polar surface area (TPSA) is 75.2 Å². The van der Waals surface area contributed by atoms with Crippen molar-refractivity contribution in [3.63, 3.8) is 0 Å². The minimum Gasteiger partial charge on any atom is -0.379 e. The zero-order chi connectivity index (χ0) is 19.9. The molecular weight excluding hydrogens is 352 g/mol. The molecule has 152 valence electrons. The number of anilines is 3. The number of benzene rings is 1. The van der Waals surface area contributed by atoms with Crippen LogP contribution in [0, 0.1) is 0 Å². The fourth-order valence-corrected chi connectivity index (χ4v) is 3.41. The van der Waals surface area contributed by atoms with Crippen LogP contribution >= 0.6 is 0 Å².